The van der Waals surface area contributed by atoms with Crippen LogP contribution in [-0.4, -0.2) is 21.7 Å². The van der Waals surface area contributed by atoms with Crippen LogP contribution in [0.1, 0.15) is 37.8 Å². The van der Waals surface area contributed by atoms with Gasteiger partial charge in [-0.05, 0) is 31.0 Å². The number of hydrogen-bond acceptors (Lipinski definition) is 4. The van der Waals surface area contributed by atoms with Crippen LogP contribution in [0.3, 0.4) is 0 Å². The molecule has 0 unspecified atom stereocenters. The van der Waals surface area contributed by atoms with Crippen molar-refractivity contribution < 1.29 is 9.59 Å². The molecule has 0 saturated carbocycles. The smallest absolute Gasteiger partial charge is 0.240 e. The van der Waals surface area contributed by atoms with E-state index in [0.29, 0.717) is 12.8 Å². The van der Waals surface area contributed by atoms with E-state index in [1.165, 1.54) is 0 Å². The summed E-state index contributed by atoms with van der Waals surface area (Å²) in [6.45, 7) is 3.81. The summed E-state index contributed by atoms with van der Waals surface area (Å²) in [7, 11) is 0. The summed E-state index contributed by atoms with van der Waals surface area (Å²) in [6, 6.07) is 13.3. The summed E-state index contributed by atoms with van der Waals surface area (Å²) in [4.78, 5) is 25.5. The van der Waals surface area contributed by atoms with Crippen molar-refractivity contribution in [3.63, 3.8) is 0 Å². The molecule has 0 saturated heterocycles. The normalized spacial score (nSPS) is 10.4. The lowest BCUT2D eigenvalue weighted by Gasteiger charge is -2.01. The fourth-order valence-corrected chi connectivity index (χ4v) is 2.04. The monoisotopic (exact) mass is 357 g/mol. The molecule has 5 nitrogen and oxygen atoms in total. The van der Waals surface area contributed by atoms with E-state index in [-0.39, 0.29) is 11.0 Å². The Kier molecular flexibility index (Phi) is 9.85. The van der Waals surface area contributed by atoms with Crippen molar-refractivity contribution in [2.75, 3.05) is 0 Å². The predicted octanol–water partition coefficient (Wildman–Crippen LogP) is 3.41. The molecule has 0 atom stereocenters. The Labute approximate surface area is 154 Å². The van der Waals surface area contributed by atoms with Gasteiger partial charge >= 0.3 is 0 Å². The number of nitrogens with one attached hydrogen (secondary N) is 1. The second kappa shape index (κ2) is 12.0. The second-order valence-corrected chi connectivity index (χ2v) is 5.77. The average Bonchev–Trinajstić information content (AvgIpc) is 2.61. The largest absolute Gasteiger partial charge is 0.287 e. The quantitative estimate of drug-likeness (QED) is 0.473. The molecule has 2 aromatic rings. The highest BCUT2D eigenvalue weighted by molar-refractivity contribution is 7.96. The molecule has 1 aromatic carbocycles. The molecule has 0 bridgehead atoms. The van der Waals surface area contributed by atoms with Crippen molar-refractivity contribution >= 4 is 29.4 Å². The third-order valence-corrected chi connectivity index (χ3v) is 3.28. The molecule has 1 heterocycles. The molecule has 0 spiro atoms. The molecule has 1 amide bonds. The van der Waals surface area contributed by atoms with E-state index in [1.807, 2.05) is 56.3 Å². The Morgan fingerprint density at radius 3 is 2.32 bits per heavy atom. The third kappa shape index (κ3) is 9.42. The van der Waals surface area contributed by atoms with Crippen LogP contribution >= 0.6 is 12.6 Å². The Morgan fingerprint density at radius 1 is 1.12 bits per heavy atom. The first kappa shape index (κ1) is 20.6. The summed E-state index contributed by atoms with van der Waals surface area (Å²) >= 11 is 3.67. The van der Waals surface area contributed by atoms with Gasteiger partial charge in [0, 0.05) is 30.8 Å². The zero-order chi connectivity index (χ0) is 18.5. The number of hydrazone groups is 1. The first-order chi connectivity index (χ1) is 12.0. The zero-order valence-electron chi connectivity index (χ0n) is 14.5. The number of carbonyl (C=O) groups is 2. The molecule has 132 valence electrons. The summed E-state index contributed by atoms with van der Waals surface area (Å²) in [5.41, 5.74) is 5.27. The van der Waals surface area contributed by atoms with E-state index >= 15 is 0 Å². The molecule has 0 aliphatic carbocycles. The number of thiol groups is 1. The van der Waals surface area contributed by atoms with Gasteiger partial charge in [-0.15, -0.1) is 12.6 Å². The molecule has 0 fully saturated rings. The van der Waals surface area contributed by atoms with Crippen molar-refractivity contribution in [2.24, 2.45) is 5.10 Å². The van der Waals surface area contributed by atoms with Gasteiger partial charge in [-0.1, -0.05) is 37.3 Å². The van der Waals surface area contributed by atoms with Gasteiger partial charge in [0.05, 0.1) is 5.71 Å². The van der Waals surface area contributed by atoms with E-state index in [2.05, 4.69) is 28.1 Å². The number of hydrogen-bond donors (Lipinski definition) is 2. The molecule has 2 rings (SSSR count). The zero-order valence-corrected chi connectivity index (χ0v) is 15.4. The van der Waals surface area contributed by atoms with Crippen LogP contribution in [-0.2, 0) is 16.0 Å². The number of pyridine rings is 1. The molecule has 6 heteroatoms. The van der Waals surface area contributed by atoms with Gasteiger partial charge in [0.15, 0.2) is 5.12 Å². The highest BCUT2D eigenvalue weighted by Gasteiger charge is 1.99. The minimum atomic E-state index is -0.0915. The van der Waals surface area contributed by atoms with Crippen molar-refractivity contribution in [1.82, 2.24) is 10.4 Å². The van der Waals surface area contributed by atoms with Crippen LogP contribution in [0.2, 0.25) is 0 Å². The maximum absolute atomic E-state index is 11.1. The number of aromatic nitrogens is 1. The third-order valence-electron chi connectivity index (χ3n) is 3.12. The SMILES string of the molecule is CCCC(=O)NN=C(C)c1ccncc1.O=C(S)Cc1ccccc1. The second-order valence-electron chi connectivity index (χ2n) is 5.27. The summed E-state index contributed by atoms with van der Waals surface area (Å²) in [5, 5.41) is 3.91. The van der Waals surface area contributed by atoms with Gasteiger partial charge < -0.3 is 0 Å². The fraction of sp³-hybridized carbons (Fsp3) is 0.263. The Bertz CT molecular complexity index is 688. The number of carbonyl (C=O) groups excluding carboxylic acids is 2. The van der Waals surface area contributed by atoms with Gasteiger partial charge in [-0.25, -0.2) is 5.43 Å². The average molecular weight is 357 g/mol. The fourth-order valence-electron chi connectivity index (χ4n) is 1.86. The van der Waals surface area contributed by atoms with Crippen molar-refractivity contribution in [2.45, 2.75) is 33.1 Å². The Balaban J connectivity index is 0.000000271. The topological polar surface area (TPSA) is 71.4 Å². The molecule has 0 aliphatic rings. The number of rotatable bonds is 6. The summed E-state index contributed by atoms with van der Waals surface area (Å²) < 4.78 is 0. The van der Waals surface area contributed by atoms with E-state index in [9.17, 15) is 9.59 Å². The van der Waals surface area contributed by atoms with E-state index < -0.39 is 0 Å². The van der Waals surface area contributed by atoms with Crippen LogP contribution in [0, 0.1) is 0 Å². The highest BCUT2D eigenvalue weighted by atomic mass is 32.1. The number of benzene rings is 1. The Hall–Kier alpha value is -2.47. The summed E-state index contributed by atoms with van der Waals surface area (Å²) in [5.74, 6) is -0.0501. The molecule has 1 N–H and O–H groups in total. The lowest BCUT2D eigenvalue weighted by Crippen LogP contribution is -2.18. The van der Waals surface area contributed by atoms with E-state index in [0.717, 1.165) is 23.3 Å². The van der Waals surface area contributed by atoms with E-state index in [4.69, 9.17) is 0 Å². The van der Waals surface area contributed by atoms with Gasteiger partial charge in [-0.3, -0.25) is 14.6 Å². The van der Waals surface area contributed by atoms with Crippen LogP contribution in [0.4, 0.5) is 0 Å². The molecule has 0 aliphatic heterocycles. The van der Waals surface area contributed by atoms with Crippen molar-refractivity contribution in [1.29, 1.82) is 0 Å². The number of nitrogens with zero attached hydrogens (tertiary/aromatic N) is 2. The first-order valence-corrected chi connectivity index (χ1v) is 8.47. The molecule has 1 aromatic heterocycles. The predicted molar refractivity (Wildman–Crippen MR) is 104 cm³/mol. The maximum atomic E-state index is 11.1. The highest BCUT2D eigenvalue weighted by Crippen LogP contribution is 2.00. The van der Waals surface area contributed by atoms with Gasteiger partial charge in [0.25, 0.3) is 0 Å². The minimum Gasteiger partial charge on any atom is -0.287 e. The van der Waals surface area contributed by atoms with Crippen LogP contribution in [0.25, 0.3) is 0 Å². The standard InChI is InChI=1S/C11H15N3O.C8H8OS/c1-3-4-11(15)14-13-9(2)10-5-7-12-8-6-10;9-8(10)6-7-4-2-1-3-5-7/h5-8H,3-4H2,1-2H3,(H,14,15);1-5H,6H2,(H,9,10). The summed E-state index contributed by atoms with van der Waals surface area (Å²) in [6.07, 6.45) is 5.15. The lowest BCUT2D eigenvalue weighted by molar-refractivity contribution is -0.121. The molecule has 25 heavy (non-hydrogen) atoms. The van der Waals surface area contributed by atoms with Gasteiger partial charge in [0.2, 0.25) is 5.91 Å². The van der Waals surface area contributed by atoms with Crippen LogP contribution in [0.5, 0.6) is 0 Å². The molecular weight excluding hydrogens is 334 g/mol. The minimum absolute atomic E-state index is 0.0501. The van der Waals surface area contributed by atoms with Crippen LogP contribution in [0.15, 0.2) is 60.0 Å². The first-order valence-electron chi connectivity index (χ1n) is 8.02. The maximum Gasteiger partial charge on any atom is 0.240 e. The number of amides is 1. The lowest BCUT2D eigenvalue weighted by atomic mass is 10.2. The van der Waals surface area contributed by atoms with Crippen molar-refractivity contribution in [3.8, 4) is 0 Å². The van der Waals surface area contributed by atoms with E-state index in [1.54, 1.807) is 12.4 Å². The molecular formula is C19H23N3O2S. The van der Waals surface area contributed by atoms with Gasteiger partial charge in [-0.2, -0.15) is 5.10 Å². The van der Waals surface area contributed by atoms with Crippen molar-refractivity contribution in [3.05, 3.63) is 66.0 Å². The Morgan fingerprint density at radius 2 is 1.76 bits per heavy atom. The molecule has 0 radical (unpaired) electrons. The van der Waals surface area contributed by atoms with Gasteiger partial charge in [0.1, 0.15) is 0 Å². The van der Waals surface area contributed by atoms with Crippen LogP contribution < -0.4 is 5.43 Å².